The highest BCUT2D eigenvalue weighted by molar-refractivity contribution is 6.00. The number of ether oxygens (including phenoxy) is 1. The van der Waals surface area contributed by atoms with E-state index in [9.17, 15) is 4.79 Å². The zero-order valence-corrected chi connectivity index (χ0v) is 15.3. The van der Waals surface area contributed by atoms with E-state index in [1.165, 1.54) is 0 Å². The minimum absolute atomic E-state index is 0. The number of amides is 1. The summed E-state index contributed by atoms with van der Waals surface area (Å²) in [7, 11) is 0. The smallest absolute Gasteiger partial charge is 0.245 e. The molecule has 3 N–H and O–H groups in total. The molecule has 0 bridgehead atoms. The van der Waals surface area contributed by atoms with Gasteiger partial charge in [0.2, 0.25) is 5.91 Å². The Balaban J connectivity index is 0.00000132. The van der Waals surface area contributed by atoms with Crippen molar-refractivity contribution in [2.45, 2.75) is 45.3 Å². The van der Waals surface area contributed by atoms with Crippen LogP contribution in [0.1, 0.15) is 32.3 Å². The molecule has 1 aliphatic heterocycles. The topological polar surface area (TPSA) is 77.2 Å². The molecule has 3 unspecified atom stereocenters. The molecule has 1 aromatic heterocycles. The Labute approximate surface area is 149 Å². The second kappa shape index (κ2) is 6.93. The predicted molar refractivity (Wildman–Crippen MR) is 95.3 cm³/mol. The van der Waals surface area contributed by atoms with Gasteiger partial charge in [0.05, 0.1) is 18.0 Å². The molecule has 3 atom stereocenters. The SMILES string of the molecule is Cc1ccncc1NC(=O)C1(N)C2CCCOC2C1(C)C.Cl.Cl. The van der Waals surface area contributed by atoms with Crippen LogP contribution in [0.4, 0.5) is 5.69 Å². The van der Waals surface area contributed by atoms with Crippen LogP contribution in [0.15, 0.2) is 18.5 Å². The standard InChI is InChI=1S/C16H23N3O2.2ClH/c1-10-6-7-18-9-12(10)19-14(20)16(17)11-5-4-8-21-13(11)15(16,2)3;;/h6-7,9,11,13H,4-5,8,17H2,1-3H3,(H,19,20);2*1H. The second-order valence-electron chi connectivity index (χ2n) is 6.78. The molecule has 1 aromatic rings. The van der Waals surface area contributed by atoms with E-state index in [1.807, 2.05) is 26.8 Å². The van der Waals surface area contributed by atoms with Crippen molar-refractivity contribution in [3.05, 3.63) is 24.0 Å². The molecule has 7 heteroatoms. The fourth-order valence-corrected chi connectivity index (χ4v) is 3.86. The second-order valence-corrected chi connectivity index (χ2v) is 6.78. The first-order chi connectivity index (χ1) is 9.89. The first-order valence-electron chi connectivity index (χ1n) is 7.51. The fourth-order valence-electron chi connectivity index (χ4n) is 3.86. The zero-order chi connectivity index (χ0) is 15.3. The number of anilines is 1. The van der Waals surface area contributed by atoms with Crippen molar-refractivity contribution in [3.63, 3.8) is 0 Å². The average molecular weight is 362 g/mol. The van der Waals surface area contributed by atoms with E-state index < -0.39 is 5.54 Å². The highest BCUT2D eigenvalue weighted by Crippen LogP contribution is 2.57. The highest BCUT2D eigenvalue weighted by atomic mass is 35.5. The molecule has 2 heterocycles. The van der Waals surface area contributed by atoms with Crippen LogP contribution in [0.25, 0.3) is 0 Å². The number of fused-ring (bicyclic) bond motifs is 1. The van der Waals surface area contributed by atoms with Crippen LogP contribution in [0, 0.1) is 18.3 Å². The van der Waals surface area contributed by atoms with Crippen LogP contribution < -0.4 is 11.1 Å². The van der Waals surface area contributed by atoms with Crippen LogP contribution >= 0.6 is 24.8 Å². The predicted octanol–water partition coefficient (Wildman–Crippen LogP) is 2.70. The van der Waals surface area contributed by atoms with Crippen molar-refractivity contribution in [2.75, 3.05) is 11.9 Å². The van der Waals surface area contributed by atoms with Gasteiger partial charge in [0.15, 0.2) is 0 Å². The van der Waals surface area contributed by atoms with Gasteiger partial charge in [-0.3, -0.25) is 9.78 Å². The van der Waals surface area contributed by atoms with Crippen LogP contribution in [-0.2, 0) is 9.53 Å². The molecular formula is C16H25Cl2N3O2. The Morgan fingerprint density at radius 3 is 2.78 bits per heavy atom. The summed E-state index contributed by atoms with van der Waals surface area (Å²) in [5.74, 6) is -0.0337. The number of nitrogens with one attached hydrogen (secondary N) is 1. The van der Waals surface area contributed by atoms with Gasteiger partial charge in [-0.25, -0.2) is 0 Å². The van der Waals surface area contributed by atoms with Crippen molar-refractivity contribution >= 4 is 36.4 Å². The Morgan fingerprint density at radius 1 is 1.43 bits per heavy atom. The van der Waals surface area contributed by atoms with Crippen LogP contribution in [0.2, 0.25) is 0 Å². The molecule has 1 saturated carbocycles. The van der Waals surface area contributed by atoms with Crippen molar-refractivity contribution in [1.82, 2.24) is 4.98 Å². The molecular weight excluding hydrogens is 337 g/mol. The maximum atomic E-state index is 12.8. The number of aromatic nitrogens is 1. The monoisotopic (exact) mass is 361 g/mol. The number of rotatable bonds is 2. The third kappa shape index (κ3) is 2.84. The average Bonchev–Trinajstić information content (AvgIpc) is 2.48. The summed E-state index contributed by atoms with van der Waals surface area (Å²) in [6.07, 6.45) is 5.37. The molecule has 2 aliphatic rings. The number of nitrogens with zero attached hydrogens (tertiary/aromatic N) is 1. The normalized spacial score (nSPS) is 30.8. The molecule has 0 aromatic carbocycles. The lowest BCUT2D eigenvalue weighted by Gasteiger charge is -2.65. The third-order valence-corrected chi connectivity index (χ3v) is 5.35. The summed E-state index contributed by atoms with van der Waals surface area (Å²) < 4.78 is 5.84. The largest absolute Gasteiger partial charge is 0.377 e. The Hall–Kier alpha value is -0.880. The van der Waals surface area contributed by atoms with Crippen molar-refractivity contribution in [2.24, 2.45) is 17.1 Å². The quantitative estimate of drug-likeness (QED) is 0.848. The molecule has 130 valence electrons. The minimum atomic E-state index is -0.889. The molecule has 23 heavy (non-hydrogen) atoms. The Kier molecular flexibility index (Phi) is 6.08. The lowest BCUT2D eigenvalue weighted by atomic mass is 9.46. The van der Waals surface area contributed by atoms with Gasteiger partial charge in [-0.2, -0.15) is 0 Å². The maximum Gasteiger partial charge on any atom is 0.245 e. The number of carbonyl (C=O) groups is 1. The number of hydrogen-bond acceptors (Lipinski definition) is 4. The number of hydrogen-bond donors (Lipinski definition) is 2. The lowest BCUT2D eigenvalue weighted by Crippen LogP contribution is -2.81. The molecule has 1 aliphatic carbocycles. The fraction of sp³-hybridized carbons (Fsp3) is 0.625. The molecule has 0 radical (unpaired) electrons. The molecule has 1 amide bonds. The molecule has 2 fully saturated rings. The van der Waals surface area contributed by atoms with Gasteiger partial charge < -0.3 is 15.8 Å². The van der Waals surface area contributed by atoms with E-state index in [0.29, 0.717) is 0 Å². The van der Waals surface area contributed by atoms with Gasteiger partial charge >= 0.3 is 0 Å². The Bertz CT molecular complexity index is 582. The molecule has 5 nitrogen and oxygen atoms in total. The number of aryl methyl sites for hydroxylation is 1. The summed E-state index contributed by atoms with van der Waals surface area (Å²) in [5.41, 5.74) is 7.02. The number of halogens is 2. The first kappa shape index (κ1) is 20.2. The lowest BCUT2D eigenvalue weighted by molar-refractivity contribution is -0.222. The zero-order valence-electron chi connectivity index (χ0n) is 13.7. The van der Waals surface area contributed by atoms with Crippen molar-refractivity contribution in [1.29, 1.82) is 0 Å². The van der Waals surface area contributed by atoms with E-state index in [2.05, 4.69) is 10.3 Å². The van der Waals surface area contributed by atoms with Gasteiger partial charge in [-0.15, -0.1) is 24.8 Å². The molecule has 0 spiro atoms. The minimum Gasteiger partial charge on any atom is -0.377 e. The van der Waals surface area contributed by atoms with Crippen molar-refractivity contribution in [3.8, 4) is 0 Å². The number of pyridine rings is 1. The maximum absolute atomic E-state index is 12.8. The van der Waals surface area contributed by atoms with Crippen LogP contribution in [0.5, 0.6) is 0 Å². The van der Waals surface area contributed by atoms with E-state index in [0.717, 1.165) is 30.7 Å². The van der Waals surface area contributed by atoms with E-state index >= 15 is 0 Å². The van der Waals surface area contributed by atoms with Gasteiger partial charge in [-0.1, -0.05) is 13.8 Å². The van der Waals surface area contributed by atoms with Crippen LogP contribution in [0.3, 0.4) is 0 Å². The number of nitrogens with two attached hydrogens (primary N) is 1. The molecule has 1 saturated heterocycles. The summed E-state index contributed by atoms with van der Waals surface area (Å²) >= 11 is 0. The Morgan fingerprint density at radius 2 is 2.13 bits per heavy atom. The summed E-state index contributed by atoms with van der Waals surface area (Å²) in [6, 6.07) is 1.87. The van der Waals surface area contributed by atoms with E-state index in [4.69, 9.17) is 10.5 Å². The van der Waals surface area contributed by atoms with Gasteiger partial charge in [-0.05, 0) is 31.4 Å². The number of carbonyl (C=O) groups excluding carboxylic acids is 1. The first-order valence-corrected chi connectivity index (χ1v) is 7.51. The van der Waals surface area contributed by atoms with Gasteiger partial charge in [0, 0.05) is 24.1 Å². The third-order valence-electron chi connectivity index (χ3n) is 5.35. The van der Waals surface area contributed by atoms with E-state index in [1.54, 1.807) is 12.4 Å². The summed E-state index contributed by atoms with van der Waals surface area (Å²) in [4.78, 5) is 16.9. The van der Waals surface area contributed by atoms with Crippen molar-refractivity contribution < 1.29 is 9.53 Å². The summed E-state index contributed by atoms with van der Waals surface area (Å²) in [6.45, 7) is 6.76. The highest BCUT2D eigenvalue weighted by Gasteiger charge is 2.70. The van der Waals surface area contributed by atoms with Gasteiger partial charge in [0.1, 0.15) is 5.54 Å². The van der Waals surface area contributed by atoms with Gasteiger partial charge in [0.25, 0.3) is 0 Å². The van der Waals surface area contributed by atoms with Crippen LogP contribution in [-0.4, -0.2) is 29.1 Å². The molecule has 3 rings (SSSR count). The van der Waals surface area contributed by atoms with E-state index in [-0.39, 0.29) is 48.2 Å². The summed E-state index contributed by atoms with van der Waals surface area (Å²) in [5, 5.41) is 2.96.